The topological polar surface area (TPSA) is 69.4 Å². The lowest BCUT2D eigenvalue weighted by atomic mass is 10.0. The van der Waals surface area contributed by atoms with E-state index in [1.165, 1.54) is 30.8 Å². The summed E-state index contributed by atoms with van der Waals surface area (Å²) in [6.45, 7) is 7.30. The molecule has 1 saturated heterocycles. The van der Waals surface area contributed by atoms with Crippen molar-refractivity contribution < 1.29 is 13.8 Å². The Kier molecular flexibility index (Phi) is 4.36. The molecule has 0 spiro atoms. The Bertz CT molecular complexity index is 840. The molecule has 0 radical (unpaired) electrons. The van der Waals surface area contributed by atoms with E-state index in [0.717, 1.165) is 29.3 Å². The van der Waals surface area contributed by atoms with Crippen LogP contribution >= 0.6 is 0 Å². The van der Waals surface area contributed by atoms with E-state index in [1.807, 2.05) is 37.3 Å². The average molecular weight is 339 g/mol. The van der Waals surface area contributed by atoms with E-state index in [2.05, 4.69) is 22.3 Å². The van der Waals surface area contributed by atoms with Crippen LogP contribution in [0.1, 0.15) is 31.4 Å². The molecule has 3 aromatic rings. The molecule has 4 rings (SSSR count). The standard InChI is InChI=1S/C19H22N4O2/c1-13-7-6-10-23(11-13)12-16-20-21-19(24-16)17-14(2)25-22-18(17)15-8-4-3-5-9-15/h3-5,8-9,13H,6-7,10-12H2,1-2H3/p+1/t13-/m1/s1. The van der Waals surface area contributed by atoms with E-state index in [4.69, 9.17) is 8.94 Å². The molecule has 25 heavy (non-hydrogen) atoms. The number of aromatic nitrogens is 3. The third-order valence-corrected chi connectivity index (χ3v) is 4.86. The molecule has 130 valence electrons. The van der Waals surface area contributed by atoms with Crippen molar-refractivity contribution in [2.45, 2.75) is 33.2 Å². The van der Waals surface area contributed by atoms with E-state index in [0.29, 0.717) is 17.5 Å². The number of quaternary nitrogens is 1. The van der Waals surface area contributed by atoms with Gasteiger partial charge in [-0.1, -0.05) is 42.4 Å². The summed E-state index contributed by atoms with van der Waals surface area (Å²) in [5, 5.41) is 12.7. The van der Waals surface area contributed by atoms with Crippen molar-refractivity contribution in [1.82, 2.24) is 15.4 Å². The first kappa shape index (κ1) is 16.0. The molecule has 2 atom stereocenters. The van der Waals surface area contributed by atoms with Gasteiger partial charge in [0.15, 0.2) is 6.54 Å². The van der Waals surface area contributed by atoms with Crippen molar-refractivity contribution in [2.24, 2.45) is 5.92 Å². The molecular formula is C19H23N4O2+. The number of hydrogen-bond donors (Lipinski definition) is 1. The van der Waals surface area contributed by atoms with Crippen LogP contribution in [0.15, 0.2) is 39.3 Å². The number of rotatable bonds is 4. The summed E-state index contributed by atoms with van der Waals surface area (Å²) in [5.41, 5.74) is 2.50. The minimum absolute atomic E-state index is 0.483. The van der Waals surface area contributed by atoms with Crippen molar-refractivity contribution in [3.8, 4) is 22.7 Å². The highest BCUT2D eigenvalue weighted by Crippen LogP contribution is 2.33. The molecule has 3 heterocycles. The summed E-state index contributed by atoms with van der Waals surface area (Å²) in [6.07, 6.45) is 2.58. The fraction of sp³-hybridized carbons (Fsp3) is 0.421. The fourth-order valence-electron chi connectivity index (χ4n) is 3.62. The number of hydrogen-bond acceptors (Lipinski definition) is 5. The molecule has 6 nitrogen and oxygen atoms in total. The molecule has 0 saturated carbocycles. The Morgan fingerprint density at radius 3 is 2.84 bits per heavy atom. The first-order chi connectivity index (χ1) is 12.2. The van der Waals surface area contributed by atoms with E-state index < -0.39 is 0 Å². The Labute approximate surface area is 146 Å². The maximum atomic E-state index is 5.97. The highest BCUT2D eigenvalue weighted by molar-refractivity contribution is 5.77. The summed E-state index contributed by atoms with van der Waals surface area (Å²) in [6, 6.07) is 9.92. The quantitative estimate of drug-likeness (QED) is 0.791. The van der Waals surface area contributed by atoms with Gasteiger partial charge in [0.1, 0.15) is 17.0 Å². The smallest absolute Gasteiger partial charge is 0.271 e. The van der Waals surface area contributed by atoms with Gasteiger partial charge in [0.2, 0.25) is 0 Å². The predicted molar refractivity (Wildman–Crippen MR) is 92.8 cm³/mol. The van der Waals surface area contributed by atoms with Gasteiger partial charge in [0, 0.05) is 11.5 Å². The third kappa shape index (κ3) is 3.35. The maximum absolute atomic E-state index is 5.97. The molecule has 0 amide bonds. The second-order valence-corrected chi connectivity index (χ2v) is 6.96. The van der Waals surface area contributed by atoms with Crippen molar-refractivity contribution in [3.63, 3.8) is 0 Å². The third-order valence-electron chi connectivity index (χ3n) is 4.86. The Morgan fingerprint density at radius 1 is 1.20 bits per heavy atom. The highest BCUT2D eigenvalue weighted by atomic mass is 16.5. The second-order valence-electron chi connectivity index (χ2n) is 6.96. The molecule has 1 aliphatic heterocycles. The maximum Gasteiger partial charge on any atom is 0.271 e. The molecule has 1 aromatic carbocycles. The number of likely N-dealkylation sites (tertiary alicyclic amines) is 1. The summed E-state index contributed by atoms with van der Waals surface area (Å²) in [7, 11) is 0. The van der Waals surface area contributed by atoms with Crippen molar-refractivity contribution in [2.75, 3.05) is 13.1 Å². The van der Waals surface area contributed by atoms with Crippen molar-refractivity contribution in [1.29, 1.82) is 0 Å². The van der Waals surface area contributed by atoms with Crippen LogP contribution in [-0.4, -0.2) is 28.4 Å². The summed E-state index contributed by atoms with van der Waals surface area (Å²) >= 11 is 0. The largest absolute Gasteiger partial charge is 0.415 e. The molecule has 1 unspecified atom stereocenters. The van der Waals surface area contributed by atoms with E-state index in [9.17, 15) is 0 Å². The van der Waals surface area contributed by atoms with Gasteiger partial charge in [0.25, 0.3) is 11.8 Å². The molecule has 2 aromatic heterocycles. The molecule has 1 fully saturated rings. The molecule has 6 heteroatoms. The van der Waals surface area contributed by atoms with Gasteiger partial charge < -0.3 is 13.8 Å². The SMILES string of the molecule is Cc1onc(-c2ccccc2)c1-c1nnc(C[NH+]2CCC[C@@H](C)C2)o1. The van der Waals surface area contributed by atoms with E-state index in [1.54, 1.807) is 0 Å². The summed E-state index contributed by atoms with van der Waals surface area (Å²) in [5.74, 6) is 2.61. The predicted octanol–water partition coefficient (Wildman–Crippen LogP) is 2.51. The number of nitrogens with one attached hydrogen (secondary N) is 1. The van der Waals surface area contributed by atoms with Crippen LogP contribution in [0, 0.1) is 12.8 Å². The Balaban J connectivity index is 1.59. The van der Waals surface area contributed by atoms with Gasteiger partial charge in [-0.15, -0.1) is 10.2 Å². The van der Waals surface area contributed by atoms with Crippen molar-refractivity contribution in [3.05, 3.63) is 42.0 Å². The van der Waals surface area contributed by atoms with E-state index >= 15 is 0 Å². The molecule has 1 aliphatic rings. The fourth-order valence-corrected chi connectivity index (χ4v) is 3.62. The van der Waals surface area contributed by atoms with Crippen LogP contribution in [0.3, 0.4) is 0 Å². The zero-order valence-corrected chi connectivity index (χ0v) is 14.7. The van der Waals surface area contributed by atoms with Crippen molar-refractivity contribution >= 4 is 0 Å². The van der Waals surface area contributed by atoms with Gasteiger partial charge in [-0.3, -0.25) is 0 Å². The molecule has 0 aliphatic carbocycles. The molecular weight excluding hydrogens is 316 g/mol. The van der Waals surface area contributed by atoms with Gasteiger partial charge in [-0.25, -0.2) is 0 Å². The Hall–Kier alpha value is -2.47. The minimum Gasteiger partial charge on any atom is -0.415 e. The van der Waals surface area contributed by atoms with Gasteiger partial charge in [-0.2, -0.15) is 0 Å². The van der Waals surface area contributed by atoms with Crippen LogP contribution in [-0.2, 0) is 6.54 Å². The second kappa shape index (κ2) is 6.80. The first-order valence-corrected chi connectivity index (χ1v) is 8.88. The van der Waals surface area contributed by atoms with Gasteiger partial charge in [-0.05, 0) is 19.8 Å². The lowest BCUT2D eigenvalue weighted by molar-refractivity contribution is -0.923. The monoisotopic (exact) mass is 339 g/mol. The van der Waals surface area contributed by atoms with Gasteiger partial charge in [0.05, 0.1) is 13.1 Å². The Morgan fingerprint density at radius 2 is 2.04 bits per heavy atom. The number of piperidine rings is 1. The first-order valence-electron chi connectivity index (χ1n) is 8.88. The minimum atomic E-state index is 0.483. The molecule has 1 N–H and O–H groups in total. The van der Waals surface area contributed by atoms with Crippen LogP contribution in [0.25, 0.3) is 22.7 Å². The average Bonchev–Trinajstić information content (AvgIpc) is 3.22. The lowest BCUT2D eigenvalue weighted by Gasteiger charge is -2.26. The highest BCUT2D eigenvalue weighted by Gasteiger charge is 2.25. The number of aryl methyl sites for hydroxylation is 1. The number of benzene rings is 1. The summed E-state index contributed by atoms with van der Waals surface area (Å²) < 4.78 is 11.4. The van der Waals surface area contributed by atoms with Crippen LogP contribution in [0.2, 0.25) is 0 Å². The zero-order valence-electron chi connectivity index (χ0n) is 14.7. The molecule has 0 bridgehead atoms. The lowest BCUT2D eigenvalue weighted by Crippen LogP contribution is -3.12. The van der Waals surface area contributed by atoms with Crippen LogP contribution in [0.5, 0.6) is 0 Å². The van der Waals surface area contributed by atoms with Crippen LogP contribution < -0.4 is 4.90 Å². The van der Waals surface area contributed by atoms with Crippen LogP contribution in [0.4, 0.5) is 0 Å². The van der Waals surface area contributed by atoms with Gasteiger partial charge >= 0.3 is 0 Å². The number of nitrogens with zero attached hydrogens (tertiary/aromatic N) is 3. The zero-order chi connectivity index (χ0) is 17.2. The van der Waals surface area contributed by atoms with E-state index in [-0.39, 0.29) is 0 Å². The normalized spacial score (nSPS) is 20.7. The summed E-state index contributed by atoms with van der Waals surface area (Å²) in [4.78, 5) is 1.51.